The van der Waals surface area contributed by atoms with Crippen molar-refractivity contribution < 1.29 is 14.3 Å². The summed E-state index contributed by atoms with van der Waals surface area (Å²) in [6.45, 7) is 9.28. The zero-order chi connectivity index (χ0) is 14.3. The SMILES string of the molecule is C=CCN1C(=O)C2(OCCCO2)c2c(C)ccc(C)c21. The summed E-state index contributed by atoms with van der Waals surface area (Å²) >= 11 is 0. The van der Waals surface area contributed by atoms with E-state index < -0.39 is 5.79 Å². The predicted molar refractivity (Wildman–Crippen MR) is 76.7 cm³/mol. The van der Waals surface area contributed by atoms with Crippen LogP contribution in [-0.4, -0.2) is 25.7 Å². The summed E-state index contributed by atoms with van der Waals surface area (Å²) in [6.07, 6.45) is 2.54. The number of amides is 1. The molecule has 0 bridgehead atoms. The quantitative estimate of drug-likeness (QED) is 0.777. The van der Waals surface area contributed by atoms with Gasteiger partial charge in [0.2, 0.25) is 0 Å². The van der Waals surface area contributed by atoms with Crippen molar-refractivity contribution in [2.45, 2.75) is 26.1 Å². The molecule has 1 spiro atoms. The highest BCUT2D eigenvalue weighted by Gasteiger charge is 2.55. The summed E-state index contributed by atoms with van der Waals surface area (Å²) < 4.78 is 11.7. The van der Waals surface area contributed by atoms with Crippen LogP contribution in [0.2, 0.25) is 0 Å². The van der Waals surface area contributed by atoms with Crippen molar-refractivity contribution in [1.29, 1.82) is 0 Å². The first-order valence-corrected chi connectivity index (χ1v) is 6.93. The molecule has 4 nitrogen and oxygen atoms in total. The van der Waals surface area contributed by atoms with Crippen molar-refractivity contribution in [3.63, 3.8) is 0 Å². The van der Waals surface area contributed by atoms with E-state index >= 15 is 0 Å². The number of benzene rings is 1. The Kier molecular flexibility index (Phi) is 3.15. The maximum Gasteiger partial charge on any atom is 0.292 e. The number of aryl methyl sites for hydroxylation is 2. The molecule has 0 radical (unpaired) electrons. The second-order valence-corrected chi connectivity index (χ2v) is 5.29. The molecule has 0 N–H and O–H groups in total. The molecule has 2 heterocycles. The highest BCUT2D eigenvalue weighted by atomic mass is 16.7. The Bertz CT molecular complexity index is 573. The molecule has 0 unspecified atom stereocenters. The molecule has 3 rings (SSSR count). The van der Waals surface area contributed by atoms with Crippen LogP contribution in [0.15, 0.2) is 24.8 Å². The fraction of sp³-hybridized carbons (Fsp3) is 0.438. The third kappa shape index (κ3) is 1.65. The summed E-state index contributed by atoms with van der Waals surface area (Å²) in [5.41, 5.74) is 3.85. The van der Waals surface area contributed by atoms with Crippen molar-refractivity contribution in [1.82, 2.24) is 0 Å². The first-order chi connectivity index (χ1) is 9.62. The average Bonchev–Trinajstić information content (AvgIpc) is 2.68. The van der Waals surface area contributed by atoms with Crippen LogP contribution in [0.5, 0.6) is 0 Å². The van der Waals surface area contributed by atoms with Gasteiger partial charge in [-0.25, -0.2) is 0 Å². The molecule has 1 saturated heterocycles. The van der Waals surface area contributed by atoms with Crippen LogP contribution < -0.4 is 4.90 Å². The number of nitrogens with zero attached hydrogens (tertiary/aromatic N) is 1. The van der Waals surface area contributed by atoms with Crippen LogP contribution in [-0.2, 0) is 20.1 Å². The molecule has 106 valence electrons. The van der Waals surface area contributed by atoms with E-state index in [9.17, 15) is 4.79 Å². The van der Waals surface area contributed by atoms with Gasteiger partial charge in [0.15, 0.2) is 0 Å². The molecule has 1 amide bonds. The Morgan fingerprint density at radius 1 is 1.30 bits per heavy atom. The van der Waals surface area contributed by atoms with E-state index in [4.69, 9.17) is 9.47 Å². The Hall–Kier alpha value is -1.65. The Morgan fingerprint density at radius 2 is 1.95 bits per heavy atom. The number of hydrogen-bond acceptors (Lipinski definition) is 3. The normalized spacial score (nSPS) is 20.3. The van der Waals surface area contributed by atoms with E-state index in [1.54, 1.807) is 11.0 Å². The molecule has 1 aromatic carbocycles. The Labute approximate surface area is 119 Å². The van der Waals surface area contributed by atoms with Crippen molar-refractivity contribution >= 4 is 11.6 Å². The molecule has 1 aromatic rings. The van der Waals surface area contributed by atoms with Gasteiger partial charge in [0, 0.05) is 12.1 Å². The summed E-state index contributed by atoms with van der Waals surface area (Å²) in [7, 11) is 0. The number of carbonyl (C=O) groups is 1. The smallest absolute Gasteiger partial charge is 0.292 e. The van der Waals surface area contributed by atoms with Gasteiger partial charge in [-0.2, -0.15) is 0 Å². The van der Waals surface area contributed by atoms with Gasteiger partial charge < -0.3 is 14.4 Å². The second-order valence-electron chi connectivity index (χ2n) is 5.29. The monoisotopic (exact) mass is 273 g/mol. The van der Waals surface area contributed by atoms with Crippen LogP contribution in [0.4, 0.5) is 5.69 Å². The predicted octanol–water partition coefficient (Wildman–Crippen LogP) is 2.43. The third-order valence-corrected chi connectivity index (χ3v) is 3.92. The molecule has 2 aliphatic rings. The van der Waals surface area contributed by atoms with E-state index in [2.05, 4.69) is 6.58 Å². The zero-order valence-corrected chi connectivity index (χ0v) is 11.9. The number of carbonyl (C=O) groups excluding carboxylic acids is 1. The Morgan fingerprint density at radius 3 is 2.60 bits per heavy atom. The standard InChI is InChI=1S/C16H19NO3/c1-4-8-17-14-12(3)7-6-11(2)13(14)16(15(17)18)19-9-5-10-20-16/h4,6-7H,1,5,8-10H2,2-3H3. The topological polar surface area (TPSA) is 38.8 Å². The molecule has 0 aliphatic carbocycles. The van der Waals surface area contributed by atoms with Crippen LogP contribution >= 0.6 is 0 Å². The average molecular weight is 273 g/mol. The molecule has 4 heteroatoms. The fourth-order valence-electron chi connectivity index (χ4n) is 3.05. The minimum atomic E-state index is -1.24. The zero-order valence-electron chi connectivity index (χ0n) is 11.9. The minimum Gasteiger partial charge on any atom is -0.338 e. The van der Waals surface area contributed by atoms with Crippen LogP contribution in [0, 0.1) is 13.8 Å². The van der Waals surface area contributed by atoms with Gasteiger partial charge >= 0.3 is 0 Å². The van der Waals surface area contributed by atoms with Crippen molar-refractivity contribution in [2.75, 3.05) is 24.7 Å². The lowest BCUT2D eigenvalue weighted by Crippen LogP contribution is -2.47. The number of anilines is 1. The van der Waals surface area contributed by atoms with Gasteiger partial charge in [0.1, 0.15) is 0 Å². The molecular weight excluding hydrogens is 254 g/mol. The summed E-state index contributed by atoms with van der Waals surface area (Å²) in [5.74, 6) is -1.38. The summed E-state index contributed by atoms with van der Waals surface area (Å²) in [4.78, 5) is 14.6. The van der Waals surface area contributed by atoms with Gasteiger partial charge in [0.05, 0.1) is 18.9 Å². The molecule has 0 atom stereocenters. The first kappa shape index (κ1) is 13.3. The van der Waals surface area contributed by atoms with E-state index in [0.29, 0.717) is 19.8 Å². The number of ether oxygens (including phenoxy) is 2. The van der Waals surface area contributed by atoms with Crippen molar-refractivity contribution in [3.05, 3.63) is 41.5 Å². The van der Waals surface area contributed by atoms with Crippen molar-refractivity contribution in [3.8, 4) is 0 Å². The molecule has 0 saturated carbocycles. The molecule has 1 fully saturated rings. The highest BCUT2D eigenvalue weighted by Crippen LogP contribution is 2.48. The molecule has 20 heavy (non-hydrogen) atoms. The molecular formula is C16H19NO3. The maximum atomic E-state index is 12.9. The van der Waals surface area contributed by atoms with Gasteiger partial charge in [-0.3, -0.25) is 4.79 Å². The van der Waals surface area contributed by atoms with Gasteiger partial charge in [-0.05, 0) is 31.4 Å². The van der Waals surface area contributed by atoms with Gasteiger partial charge in [-0.1, -0.05) is 18.2 Å². The van der Waals surface area contributed by atoms with E-state index in [1.807, 2.05) is 26.0 Å². The lowest BCUT2D eigenvalue weighted by Gasteiger charge is -2.33. The lowest BCUT2D eigenvalue weighted by molar-refractivity contribution is -0.256. The summed E-state index contributed by atoms with van der Waals surface area (Å²) in [6, 6.07) is 4.04. The van der Waals surface area contributed by atoms with Crippen molar-refractivity contribution in [2.24, 2.45) is 0 Å². The number of fused-ring (bicyclic) bond motifs is 2. The van der Waals surface area contributed by atoms with Crippen LogP contribution in [0.25, 0.3) is 0 Å². The largest absolute Gasteiger partial charge is 0.338 e. The van der Waals surface area contributed by atoms with Gasteiger partial charge in [-0.15, -0.1) is 6.58 Å². The highest BCUT2D eigenvalue weighted by molar-refractivity contribution is 6.07. The number of rotatable bonds is 2. The maximum absolute atomic E-state index is 12.9. The van der Waals surface area contributed by atoms with E-state index in [1.165, 1.54) is 0 Å². The fourth-order valence-corrected chi connectivity index (χ4v) is 3.05. The third-order valence-electron chi connectivity index (χ3n) is 3.92. The van der Waals surface area contributed by atoms with Crippen LogP contribution in [0.1, 0.15) is 23.1 Å². The van der Waals surface area contributed by atoms with Crippen LogP contribution in [0.3, 0.4) is 0 Å². The Balaban J connectivity index is 2.23. The molecule has 0 aromatic heterocycles. The number of hydrogen-bond donors (Lipinski definition) is 0. The molecule has 2 aliphatic heterocycles. The van der Waals surface area contributed by atoms with E-state index in [-0.39, 0.29) is 5.91 Å². The lowest BCUT2D eigenvalue weighted by atomic mass is 9.97. The van der Waals surface area contributed by atoms with Gasteiger partial charge in [0.25, 0.3) is 11.7 Å². The first-order valence-electron chi connectivity index (χ1n) is 6.93. The van der Waals surface area contributed by atoms with E-state index in [0.717, 1.165) is 28.8 Å². The second kappa shape index (κ2) is 4.72. The minimum absolute atomic E-state index is 0.135. The summed E-state index contributed by atoms with van der Waals surface area (Å²) in [5, 5.41) is 0.